The van der Waals surface area contributed by atoms with Crippen LogP contribution in [0.2, 0.25) is 0 Å². The monoisotopic (exact) mass is 308 g/mol. The molecule has 20 heavy (non-hydrogen) atoms. The predicted octanol–water partition coefficient (Wildman–Crippen LogP) is 0.0132. The minimum Gasteiger partial charge on any atom is -0.481 e. The maximum atomic E-state index is 12.2. The summed E-state index contributed by atoms with van der Waals surface area (Å²) in [6, 6.07) is -1.61. The van der Waals surface area contributed by atoms with Gasteiger partial charge in [-0.1, -0.05) is 6.42 Å². The Morgan fingerprint density at radius 2 is 2.00 bits per heavy atom. The van der Waals surface area contributed by atoms with Gasteiger partial charge in [-0.15, -0.1) is 0 Å². The molecule has 0 bridgehead atoms. The van der Waals surface area contributed by atoms with Gasteiger partial charge in [-0.05, 0) is 26.2 Å². The smallest absolute Gasteiger partial charge is 0.321 e. The van der Waals surface area contributed by atoms with Crippen molar-refractivity contribution in [3.8, 4) is 0 Å². The van der Waals surface area contributed by atoms with E-state index in [1.807, 2.05) is 0 Å². The van der Waals surface area contributed by atoms with Crippen molar-refractivity contribution < 1.29 is 28.2 Å². The average Bonchev–Trinajstić information content (AvgIpc) is 2.34. The number of nitrogens with one attached hydrogen (secondary N) is 1. The fraction of sp³-hybridized carbons (Fsp3) is 0.818. The van der Waals surface area contributed by atoms with E-state index < -0.39 is 34.6 Å². The predicted molar refractivity (Wildman–Crippen MR) is 70.4 cm³/mol. The van der Waals surface area contributed by atoms with Crippen LogP contribution in [0.4, 0.5) is 0 Å². The summed E-state index contributed by atoms with van der Waals surface area (Å²) >= 11 is 0. The lowest BCUT2D eigenvalue weighted by Gasteiger charge is -2.33. The molecule has 3 N–H and O–H groups in total. The fourth-order valence-corrected chi connectivity index (χ4v) is 3.84. The normalized spacial score (nSPS) is 22.4. The van der Waals surface area contributed by atoms with E-state index >= 15 is 0 Å². The highest BCUT2D eigenvalue weighted by Gasteiger charge is 2.33. The van der Waals surface area contributed by atoms with Gasteiger partial charge in [0.1, 0.15) is 6.04 Å². The summed E-state index contributed by atoms with van der Waals surface area (Å²) in [6.45, 7) is 2.12. The van der Waals surface area contributed by atoms with Gasteiger partial charge >= 0.3 is 11.9 Å². The second kappa shape index (κ2) is 7.00. The van der Waals surface area contributed by atoms with E-state index in [9.17, 15) is 18.0 Å². The average molecular weight is 308 g/mol. The fourth-order valence-electron chi connectivity index (χ4n) is 2.18. The van der Waals surface area contributed by atoms with E-state index in [0.29, 0.717) is 6.54 Å². The highest BCUT2D eigenvalue weighted by molar-refractivity contribution is 7.87. The molecule has 0 amide bonds. The number of piperidine rings is 1. The first-order chi connectivity index (χ1) is 9.24. The first-order valence-corrected chi connectivity index (χ1v) is 7.91. The van der Waals surface area contributed by atoms with Gasteiger partial charge in [-0.25, -0.2) is 0 Å². The molecular formula is C11H20N2O6S. The largest absolute Gasteiger partial charge is 0.481 e. The summed E-state index contributed by atoms with van der Waals surface area (Å²) in [5.74, 6) is -2.54. The quantitative estimate of drug-likeness (QED) is 0.609. The summed E-state index contributed by atoms with van der Waals surface area (Å²) in [4.78, 5) is 21.5. The molecule has 0 spiro atoms. The van der Waals surface area contributed by atoms with Crippen LogP contribution in [0.15, 0.2) is 0 Å². The highest BCUT2D eigenvalue weighted by atomic mass is 32.2. The third-order valence-corrected chi connectivity index (χ3v) is 5.03. The number of nitrogens with zero attached hydrogens (tertiary/aromatic N) is 1. The molecule has 0 aromatic heterocycles. The standard InChI is InChI=1S/C11H20N2O6S/c1-8-4-2-3-7-13(8)20(18,19)12-9(11(16)17)5-6-10(14)15/h8-9,12H,2-7H2,1H3,(H,14,15)(H,16,17)/t8?,9-/m0/s1. The van der Waals surface area contributed by atoms with Crippen LogP contribution in [0.1, 0.15) is 39.0 Å². The molecule has 1 saturated heterocycles. The molecule has 1 unspecified atom stereocenters. The first-order valence-electron chi connectivity index (χ1n) is 6.47. The molecule has 0 aliphatic carbocycles. The van der Waals surface area contributed by atoms with E-state index in [-0.39, 0.29) is 12.5 Å². The van der Waals surface area contributed by atoms with Crippen LogP contribution in [-0.4, -0.2) is 53.5 Å². The third kappa shape index (κ3) is 4.73. The number of carboxylic acid groups (broad SMARTS) is 2. The number of aliphatic carboxylic acids is 2. The molecular weight excluding hydrogens is 288 g/mol. The molecule has 116 valence electrons. The van der Waals surface area contributed by atoms with Crippen molar-refractivity contribution in [2.45, 2.75) is 51.1 Å². The lowest BCUT2D eigenvalue weighted by molar-refractivity contribution is -0.140. The topological polar surface area (TPSA) is 124 Å². The maximum absolute atomic E-state index is 12.2. The van der Waals surface area contributed by atoms with E-state index in [4.69, 9.17) is 10.2 Å². The number of hydrogen-bond donors (Lipinski definition) is 3. The molecule has 8 nitrogen and oxygen atoms in total. The number of hydrogen-bond acceptors (Lipinski definition) is 4. The van der Waals surface area contributed by atoms with Gasteiger partial charge in [0.2, 0.25) is 0 Å². The van der Waals surface area contributed by atoms with Gasteiger partial charge in [-0.3, -0.25) is 9.59 Å². The van der Waals surface area contributed by atoms with Crippen LogP contribution >= 0.6 is 0 Å². The van der Waals surface area contributed by atoms with Crippen LogP contribution in [0, 0.1) is 0 Å². The molecule has 0 saturated carbocycles. The van der Waals surface area contributed by atoms with Gasteiger partial charge < -0.3 is 10.2 Å². The molecule has 2 atom stereocenters. The summed E-state index contributed by atoms with van der Waals surface area (Å²) in [6.07, 6.45) is 1.71. The number of rotatable bonds is 7. The van der Waals surface area contributed by atoms with E-state index in [1.54, 1.807) is 6.92 Å². The third-order valence-electron chi connectivity index (χ3n) is 3.29. The van der Waals surface area contributed by atoms with Crippen LogP contribution in [0.25, 0.3) is 0 Å². The van der Waals surface area contributed by atoms with Gasteiger partial charge in [0.25, 0.3) is 10.2 Å². The zero-order valence-corrected chi connectivity index (χ0v) is 12.1. The number of carbonyl (C=O) groups is 2. The summed E-state index contributed by atoms with van der Waals surface area (Å²) in [5, 5.41) is 17.5. The Hall–Kier alpha value is -1.19. The summed E-state index contributed by atoms with van der Waals surface area (Å²) in [5.41, 5.74) is 0. The Balaban J connectivity index is 2.74. The van der Waals surface area contributed by atoms with Crippen LogP contribution in [-0.2, 0) is 19.8 Å². The summed E-state index contributed by atoms with van der Waals surface area (Å²) in [7, 11) is -3.92. The summed E-state index contributed by atoms with van der Waals surface area (Å²) < 4.78 is 27.6. The van der Waals surface area contributed by atoms with Crippen molar-refractivity contribution in [3.63, 3.8) is 0 Å². The van der Waals surface area contributed by atoms with Crippen molar-refractivity contribution >= 4 is 22.1 Å². The lowest BCUT2D eigenvalue weighted by Crippen LogP contribution is -2.52. The van der Waals surface area contributed by atoms with Crippen molar-refractivity contribution in [2.24, 2.45) is 0 Å². The van der Waals surface area contributed by atoms with Crippen molar-refractivity contribution in [3.05, 3.63) is 0 Å². The zero-order chi connectivity index (χ0) is 15.3. The minimum atomic E-state index is -3.92. The Labute approximate surface area is 118 Å². The number of carboxylic acids is 2. The minimum absolute atomic E-state index is 0.185. The lowest BCUT2D eigenvalue weighted by atomic mass is 10.1. The molecule has 9 heteroatoms. The maximum Gasteiger partial charge on any atom is 0.321 e. The Morgan fingerprint density at radius 3 is 2.50 bits per heavy atom. The SMILES string of the molecule is CC1CCCCN1S(=O)(=O)N[C@@H](CCC(=O)O)C(=O)O. The molecule has 1 rings (SSSR count). The van der Waals surface area contributed by atoms with Gasteiger partial charge in [0.15, 0.2) is 0 Å². The molecule has 1 heterocycles. The van der Waals surface area contributed by atoms with Gasteiger partial charge in [0, 0.05) is 19.0 Å². The molecule has 1 aliphatic rings. The Kier molecular flexibility index (Phi) is 5.90. The van der Waals surface area contributed by atoms with Crippen molar-refractivity contribution in [1.82, 2.24) is 9.03 Å². The first kappa shape index (κ1) is 16.9. The van der Waals surface area contributed by atoms with E-state index in [0.717, 1.165) is 19.3 Å². The van der Waals surface area contributed by atoms with E-state index in [2.05, 4.69) is 4.72 Å². The second-order valence-electron chi connectivity index (χ2n) is 4.90. The van der Waals surface area contributed by atoms with Gasteiger partial charge in [-0.2, -0.15) is 17.4 Å². The van der Waals surface area contributed by atoms with Crippen LogP contribution in [0.5, 0.6) is 0 Å². The molecule has 0 aromatic carbocycles. The van der Waals surface area contributed by atoms with Gasteiger partial charge in [0.05, 0.1) is 0 Å². The highest BCUT2D eigenvalue weighted by Crippen LogP contribution is 2.19. The molecule has 0 aromatic rings. The van der Waals surface area contributed by atoms with Crippen LogP contribution in [0.3, 0.4) is 0 Å². The molecule has 1 fully saturated rings. The second-order valence-corrected chi connectivity index (χ2v) is 6.56. The molecule has 0 radical (unpaired) electrons. The Bertz CT molecular complexity index is 464. The Morgan fingerprint density at radius 1 is 1.35 bits per heavy atom. The van der Waals surface area contributed by atoms with Crippen molar-refractivity contribution in [2.75, 3.05) is 6.54 Å². The van der Waals surface area contributed by atoms with E-state index in [1.165, 1.54) is 4.31 Å². The van der Waals surface area contributed by atoms with Crippen LogP contribution < -0.4 is 4.72 Å². The molecule has 1 aliphatic heterocycles. The van der Waals surface area contributed by atoms with Crippen molar-refractivity contribution in [1.29, 1.82) is 0 Å². The zero-order valence-electron chi connectivity index (χ0n) is 11.3.